The minimum absolute atomic E-state index is 0.0282. The molecule has 1 fully saturated rings. The first-order valence-electron chi connectivity index (χ1n) is 9.33. The highest BCUT2D eigenvalue weighted by molar-refractivity contribution is 6.30. The summed E-state index contributed by atoms with van der Waals surface area (Å²) in [7, 11) is 0. The monoisotopic (exact) mass is 396 g/mol. The van der Waals surface area contributed by atoms with Crippen molar-refractivity contribution in [2.24, 2.45) is 0 Å². The van der Waals surface area contributed by atoms with Gasteiger partial charge in [-0.2, -0.15) is 5.10 Å². The second-order valence-corrected chi connectivity index (χ2v) is 7.26. The third-order valence-corrected chi connectivity index (χ3v) is 5.15. The SMILES string of the molecule is O=C(NCc1ccc(Cl)cc1)N1CCC(Oc2nncc3ccccc23)CC1. The van der Waals surface area contributed by atoms with E-state index >= 15 is 0 Å². The highest BCUT2D eigenvalue weighted by Crippen LogP contribution is 2.25. The summed E-state index contributed by atoms with van der Waals surface area (Å²) in [5, 5.41) is 13.8. The number of nitrogens with zero attached hydrogens (tertiary/aromatic N) is 3. The molecule has 1 aliphatic rings. The van der Waals surface area contributed by atoms with Gasteiger partial charge in [-0.1, -0.05) is 41.9 Å². The maximum Gasteiger partial charge on any atom is 0.317 e. The Balaban J connectivity index is 1.29. The maximum absolute atomic E-state index is 12.4. The number of fused-ring (bicyclic) bond motifs is 1. The van der Waals surface area contributed by atoms with Gasteiger partial charge in [0.05, 0.1) is 6.20 Å². The molecule has 0 bridgehead atoms. The average Bonchev–Trinajstić information content (AvgIpc) is 2.74. The quantitative estimate of drug-likeness (QED) is 0.722. The number of rotatable bonds is 4. The lowest BCUT2D eigenvalue weighted by Gasteiger charge is -2.32. The van der Waals surface area contributed by atoms with E-state index in [-0.39, 0.29) is 12.1 Å². The van der Waals surface area contributed by atoms with E-state index in [1.165, 1.54) is 0 Å². The minimum atomic E-state index is -0.0571. The molecule has 0 unspecified atom stereocenters. The van der Waals surface area contributed by atoms with Gasteiger partial charge in [-0.25, -0.2) is 4.79 Å². The number of benzene rings is 2. The fourth-order valence-corrected chi connectivity index (χ4v) is 3.44. The molecule has 0 aliphatic carbocycles. The Morgan fingerprint density at radius 1 is 1.14 bits per heavy atom. The van der Waals surface area contributed by atoms with Crippen molar-refractivity contribution in [2.75, 3.05) is 13.1 Å². The van der Waals surface area contributed by atoms with Crippen LogP contribution in [-0.4, -0.2) is 40.3 Å². The van der Waals surface area contributed by atoms with Crippen LogP contribution >= 0.6 is 11.6 Å². The average molecular weight is 397 g/mol. The molecule has 1 aromatic heterocycles. The molecule has 4 rings (SSSR count). The summed E-state index contributed by atoms with van der Waals surface area (Å²) in [6, 6.07) is 15.3. The molecule has 2 heterocycles. The first-order valence-corrected chi connectivity index (χ1v) is 9.71. The summed E-state index contributed by atoms with van der Waals surface area (Å²) in [6.45, 7) is 1.78. The molecular weight excluding hydrogens is 376 g/mol. The number of hydrogen-bond acceptors (Lipinski definition) is 4. The number of aromatic nitrogens is 2. The molecule has 28 heavy (non-hydrogen) atoms. The summed E-state index contributed by atoms with van der Waals surface area (Å²) in [5.41, 5.74) is 1.02. The Hall–Kier alpha value is -2.86. The molecule has 6 nitrogen and oxygen atoms in total. The topological polar surface area (TPSA) is 67.4 Å². The van der Waals surface area contributed by atoms with Gasteiger partial charge in [0.1, 0.15) is 6.10 Å². The van der Waals surface area contributed by atoms with Crippen molar-refractivity contribution in [3.05, 3.63) is 65.3 Å². The number of halogens is 1. The maximum atomic E-state index is 12.4. The second-order valence-electron chi connectivity index (χ2n) is 6.83. The number of ether oxygens (including phenoxy) is 1. The lowest BCUT2D eigenvalue weighted by atomic mass is 10.1. The second kappa shape index (κ2) is 8.44. The Labute approximate surface area is 168 Å². The molecule has 0 atom stereocenters. The summed E-state index contributed by atoms with van der Waals surface area (Å²) in [5.74, 6) is 0.559. The molecule has 144 valence electrons. The van der Waals surface area contributed by atoms with E-state index in [2.05, 4.69) is 15.5 Å². The molecule has 2 aromatic carbocycles. The van der Waals surface area contributed by atoms with Crippen LogP contribution in [0.25, 0.3) is 10.8 Å². The first kappa shape index (κ1) is 18.5. The summed E-state index contributed by atoms with van der Waals surface area (Å²) in [4.78, 5) is 14.2. The number of nitrogens with one attached hydrogen (secondary N) is 1. The normalized spacial score (nSPS) is 14.8. The Bertz CT molecular complexity index is 951. The van der Waals surface area contributed by atoms with E-state index < -0.39 is 0 Å². The van der Waals surface area contributed by atoms with Crippen LogP contribution in [0.4, 0.5) is 4.79 Å². The summed E-state index contributed by atoms with van der Waals surface area (Å²) >= 11 is 5.88. The number of hydrogen-bond donors (Lipinski definition) is 1. The Morgan fingerprint density at radius 3 is 2.68 bits per heavy atom. The number of amides is 2. The largest absolute Gasteiger partial charge is 0.473 e. The molecule has 1 N–H and O–H groups in total. The van der Waals surface area contributed by atoms with Crippen LogP contribution in [0.15, 0.2) is 54.7 Å². The van der Waals surface area contributed by atoms with Crippen LogP contribution in [0.5, 0.6) is 5.88 Å². The number of urea groups is 1. The van der Waals surface area contributed by atoms with Crippen molar-refractivity contribution in [1.29, 1.82) is 0 Å². The van der Waals surface area contributed by atoms with Crippen LogP contribution in [0.1, 0.15) is 18.4 Å². The fourth-order valence-electron chi connectivity index (χ4n) is 3.32. The van der Waals surface area contributed by atoms with E-state index in [0.29, 0.717) is 30.5 Å². The van der Waals surface area contributed by atoms with Crippen LogP contribution in [-0.2, 0) is 6.54 Å². The Morgan fingerprint density at radius 2 is 1.89 bits per heavy atom. The van der Waals surface area contributed by atoms with Gasteiger partial charge in [-0.05, 0) is 23.8 Å². The first-order chi connectivity index (χ1) is 13.7. The van der Waals surface area contributed by atoms with Crippen LogP contribution in [0.3, 0.4) is 0 Å². The van der Waals surface area contributed by atoms with Gasteiger partial charge >= 0.3 is 6.03 Å². The fraction of sp³-hybridized carbons (Fsp3) is 0.286. The predicted molar refractivity (Wildman–Crippen MR) is 108 cm³/mol. The van der Waals surface area contributed by atoms with E-state index in [1.54, 1.807) is 6.20 Å². The standard InChI is InChI=1S/C21H21ClN4O2/c22-17-7-5-15(6-8-17)13-23-21(27)26-11-9-18(10-12-26)28-20-19-4-2-1-3-16(19)14-24-25-20/h1-8,14,18H,9-13H2,(H,23,27). The number of carbonyl (C=O) groups is 1. The third-order valence-electron chi connectivity index (χ3n) is 4.90. The van der Waals surface area contributed by atoms with Gasteiger partial charge in [0.15, 0.2) is 0 Å². The van der Waals surface area contributed by atoms with Gasteiger partial charge in [0.2, 0.25) is 5.88 Å². The van der Waals surface area contributed by atoms with E-state index in [9.17, 15) is 4.79 Å². The molecule has 1 aliphatic heterocycles. The van der Waals surface area contributed by atoms with Crippen LogP contribution in [0.2, 0.25) is 5.02 Å². The highest BCUT2D eigenvalue weighted by Gasteiger charge is 2.24. The number of likely N-dealkylation sites (tertiary alicyclic amines) is 1. The van der Waals surface area contributed by atoms with Crippen molar-refractivity contribution in [3.8, 4) is 5.88 Å². The van der Waals surface area contributed by atoms with Crippen LogP contribution < -0.4 is 10.1 Å². The molecule has 0 spiro atoms. The summed E-state index contributed by atoms with van der Waals surface area (Å²) in [6.07, 6.45) is 3.29. The smallest absolute Gasteiger partial charge is 0.317 e. The van der Waals surface area contributed by atoms with Gasteiger partial charge in [-0.15, -0.1) is 5.10 Å². The number of piperidine rings is 1. The van der Waals surface area contributed by atoms with E-state index in [1.807, 2.05) is 53.4 Å². The van der Waals surface area contributed by atoms with Crippen molar-refractivity contribution in [1.82, 2.24) is 20.4 Å². The van der Waals surface area contributed by atoms with E-state index in [4.69, 9.17) is 16.3 Å². The van der Waals surface area contributed by atoms with Gasteiger partial charge < -0.3 is 15.0 Å². The molecule has 0 radical (unpaired) electrons. The van der Waals surface area contributed by atoms with Crippen LogP contribution in [0, 0.1) is 0 Å². The molecule has 2 amide bonds. The molecular formula is C21H21ClN4O2. The molecule has 3 aromatic rings. The predicted octanol–water partition coefficient (Wildman–Crippen LogP) is 4.04. The third kappa shape index (κ3) is 4.34. The van der Waals surface area contributed by atoms with Crippen molar-refractivity contribution in [3.63, 3.8) is 0 Å². The molecule has 7 heteroatoms. The number of carbonyl (C=O) groups excluding carboxylic acids is 1. The highest BCUT2D eigenvalue weighted by atomic mass is 35.5. The minimum Gasteiger partial charge on any atom is -0.473 e. The zero-order valence-corrected chi connectivity index (χ0v) is 16.1. The van der Waals surface area contributed by atoms with Crippen molar-refractivity contribution >= 4 is 28.4 Å². The lowest BCUT2D eigenvalue weighted by Crippen LogP contribution is -2.46. The molecule has 1 saturated heterocycles. The Kier molecular flexibility index (Phi) is 5.58. The summed E-state index contributed by atoms with van der Waals surface area (Å²) < 4.78 is 6.09. The van der Waals surface area contributed by atoms with Gasteiger partial charge in [0, 0.05) is 48.3 Å². The molecule has 0 saturated carbocycles. The van der Waals surface area contributed by atoms with E-state index in [0.717, 1.165) is 29.2 Å². The zero-order valence-electron chi connectivity index (χ0n) is 15.3. The van der Waals surface area contributed by atoms with Crippen molar-refractivity contribution < 1.29 is 9.53 Å². The van der Waals surface area contributed by atoms with Crippen molar-refractivity contribution in [2.45, 2.75) is 25.5 Å². The van der Waals surface area contributed by atoms with Gasteiger partial charge in [0.25, 0.3) is 0 Å². The zero-order chi connectivity index (χ0) is 19.3. The lowest BCUT2D eigenvalue weighted by molar-refractivity contribution is 0.108. The van der Waals surface area contributed by atoms with Gasteiger partial charge in [-0.3, -0.25) is 0 Å².